The molecule has 1 rings (SSSR count). The predicted molar refractivity (Wildman–Crippen MR) is 67.5 cm³/mol. The highest BCUT2D eigenvalue weighted by atomic mass is 19.1. The summed E-state index contributed by atoms with van der Waals surface area (Å²) in [5, 5.41) is 0. The summed E-state index contributed by atoms with van der Waals surface area (Å²) < 4.78 is 13.2. The summed E-state index contributed by atoms with van der Waals surface area (Å²) in [6, 6.07) is 4.42. The Kier molecular flexibility index (Phi) is 4.82. The van der Waals surface area contributed by atoms with Crippen LogP contribution in [0.4, 0.5) is 4.39 Å². The zero-order valence-electron chi connectivity index (χ0n) is 10.7. The second-order valence-electron chi connectivity index (χ2n) is 4.94. The smallest absolute Gasteiger partial charge is 0.167 e. The molecule has 2 nitrogen and oxygen atoms in total. The summed E-state index contributed by atoms with van der Waals surface area (Å²) in [4.78, 5) is 12.2. The minimum absolute atomic E-state index is 0.0520. The van der Waals surface area contributed by atoms with Crippen LogP contribution in [-0.4, -0.2) is 12.3 Å². The molecule has 0 bridgehead atoms. The quantitative estimate of drug-likeness (QED) is 0.800. The predicted octanol–water partition coefficient (Wildman–Crippen LogP) is 2.94. The number of Topliss-reactive ketones (excluding diaryl/α,β-unsaturated/α-hetero) is 1. The maximum Gasteiger partial charge on any atom is 0.167 e. The molecular weight excluding hydrogens is 217 g/mol. The third-order valence-corrected chi connectivity index (χ3v) is 2.74. The average molecular weight is 237 g/mol. The molecule has 0 fully saturated rings. The van der Waals surface area contributed by atoms with Crippen molar-refractivity contribution in [1.29, 1.82) is 0 Å². The van der Waals surface area contributed by atoms with Gasteiger partial charge in [-0.2, -0.15) is 0 Å². The van der Waals surface area contributed by atoms with Gasteiger partial charge in [-0.1, -0.05) is 13.8 Å². The Labute approximate surface area is 102 Å². The van der Waals surface area contributed by atoms with Gasteiger partial charge in [0.2, 0.25) is 0 Å². The maximum atomic E-state index is 13.2. The summed E-state index contributed by atoms with van der Waals surface area (Å²) in [5.74, 6) is -0.226. The van der Waals surface area contributed by atoms with Gasteiger partial charge in [0.05, 0.1) is 0 Å². The Balaban J connectivity index is 2.93. The van der Waals surface area contributed by atoms with Crippen LogP contribution in [0.5, 0.6) is 0 Å². The highest BCUT2D eigenvalue weighted by Crippen LogP contribution is 2.18. The number of ketones is 1. The first kappa shape index (κ1) is 13.8. The van der Waals surface area contributed by atoms with E-state index in [9.17, 15) is 9.18 Å². The van der Waals surface area contributed by atoms with Crippen LogP contribution >= 0.6 is 0 Å². The molecule has 1 atom stereocenters. The highest BCUT2D eigenvalue weighted by Gasteiger charge is 2.20. The summed E-state index contributed by atoms with van der Waals surface area (Å²) in [6.07, 6.45) is 0.741. The van der Waals surface area contributed by atoms with Gasteiger partial charge in [-0.3, -0.25) is 4.79 Å². The Morgan fingerprint density at radius 3 is 2.47 bits per heavy atom. The van der Waals surface area contributed by atoms with Gasteiger partial charge >= 0.3 is 0 Å². The highest BCUT2D eigenvalue weighted by molar-refractivity contribution is 5.98. The number of nitrogens with two attached hydrogens (primary N) is 1. The van der Waals surface area contributed by atoms with Crippen molar-refractivity contribution in [2.75, 3.05) is 6.54 Å². The van der Waals surface area contributed by atoms with E-state index in [1.165, 1.54) is 12.1 Å². The van der Waals surface area contributed by atoms with Crippen molar-refractivity contribution in [3.63, 3.8) is 0 Å². The Bertz CT molecular complexity index is 381. The number of halogens is 1. The first-order valence-corrected chi connectivity index (χ1v) is 5.95. The van der Waals surface area contributed by atoms with Gasteiger partial charge in [-0.15, -0.1) is 0 Å². The number of aryl methyl sites for hydroxylation is 1. The van der Waals surface area contributed by atoms with Crippen molar-refractivity contribution in [3.05, 3.63) is 35.1 Å². The van der Waals surface area contributed by atoms with Crippen LogP contribution in [0.15, 0.2) is 18.2 Å². The van der Waals surface area contributed by atoms with Crippen LogP contribution < -0.4 is 5.73 Å². The molecule has 0 aliphatic rings. The lowest BCUT2D eigenvalue weighted by Gasteiger charge is -2.16. The van der Waals surface area contributed by atoms with E-state index >= 15 is 0 Å². The molecule has 0 saturated carbocycles. The van der Waals surface area contributed by atoms with E-state index in [1.807, 2.05) is 13.8 Å². The second-order valence-corrected chi connectivity index (χ2v) is 4.94. The van der Waals surface area contributed by atoms with Crippen molar-refractivity contribution in [3.8, 4) is 0 Å². The Morgan fingerprint density at radius 1 is 1.35 bits per heavy atom. The molecule has 1 aromatic rings. The standard InChI is InChI=1S/C14H20FNO/c1-9(2)4-12(8-16)14(17)11-5-10(3)6-13(15)7-11/h5-7,9,12H,4,8,16H2,1-3H3. The van der Waals surface area contributed by atoms with E-state index in [0.29, 0.717) is 18.0 Å². The average Bonchev–Trinajstić information content (AvgIpc) is 2.23. The molecule has 0 amide bonds. The SMILES string of the molecule is Cc1cc(F)cc(C(=O)C(CN)CC(C)C)c1. The van der Waals surface area contributed by atoms with Gasteiger partial charge in [-0.05, 0) is 43.0 Å². The number of hydrogen-bond acceptors (Lipinski definition) is 2. The van der Waals surface area contributed by atoms with Crippen LogP contribution in [0.1, 0.15) is 36.2 Å². The molecule has 1 aromatic carbocycles. The molecule has 94 valence electrons. The molecule has 0 saturated heterocycles. The van der Waals surface area contributed by atoms with E-state index in [4.69, 9.17) is 5.73 Å². The molecule has 0 aliphatic carbocycles. The fourth-order valence-corrected chi connectivity index (χ4v) is 1.99. The minimum Gasteiger partial charge on any atom is -0.330 e. The molecule has 0 spiro atoms. The fourth-order valence-electron chi connectivity index (χ4n) is 1.99. The van der Waals surface area contributed by atoms with Crippen LogP contribution in [0, 0.1) is 24.6 Å². The van der Waals surface area contributed by atoms with Crippen LogP contribution in [0.3, 0.4) is 0 Å². The summed E-state index contributed by atoms with van der Waals surface area (Å²) in [7, 11) is 0. The molecule has 0 aromatic heterocycles. The second kappa shape index (κ2) is 5.92. The zero-order valence-corrected chi connectivity index (χ0v) is 10.7. The first-order valence-electron chi connectivity index (χ1n) is 5.95. The van der Waals surface area contributed by atoms with Crippen LogP contribution in [-0.2, 0) is 0 Å². The number of carbonyl (C=O) groups excluding carboxylic acids is 1. The third kappa shape index (κ3) is 3.93. The van der Waals surface area contributed by atoms with Gasteiger partial charge in [0.1, 0.15) is 5.82 Å². The van der Waals surface area contributed by atoms with Gasteiger partial charge in [0, 0.05) is 18.0 Å². The van der Waals surface area contributed by atoms with Crippen molar-refractivity contribution in [2.24, 2.45) is 17.6 Å². The monoisotopic (exact) mass is 237 g/mol. The maximum absolute atomic E-state index is 13.2. The number of benzene rings is 1. The minimum atomic E-state index is -0.367. The van der Waals surface area contributed by atoms with E-state index in [-0.39, 0.29) is 17.5 Å². The molecule has 2 N–H and O–H groups in total. The Morgan fingerprint density at radius 2 is 2.00 bits per heavy atom. The van der Waals surface area contributed by atoms with Crippen molar-refractivity contribution < 1.29 is 9.18 Å². The summed E-state index contributed by atoms with van der Waals surface area (Å²) in [6.45, 7) is 6.19. The van der Waals surface area contributed by atoms with E-state index in [2.05, 4.69) is 0 Å². The lowest BCUT2D eigenvalue weighted by molar-refractivity contribution is 0.0908. The number of hydrogen-bond donors (Lipinski definition) is 1. The van der Waals surface area contributed by atoms with Crippen LogP contribution in [0.25, 0.3) is 0 Å². The van der Waals surface area contributed by atoms with E-state index in [1.54, 1.807) is 13.0 Å². The van der Waals surface area contributed by atoms with Crippen molar-refractivity contribution in [2.45, 2.75) is 27.2 Å². The molecule has 1 unspecified atom stereocenters. The molecular formula is C14H20FNO. The van der Waals surface area contributed by atoms with Gasteiger partial charge in [0.15, 0.2) is 5.78 Å². The number of rotatable bonds is 5. The largest absolute Gasteiger partial charge is 0.330 e. The molecule has 0 aliphatic heterocycles. The van der Waals surface area contributed by atoms with Gasteiger partial charge in [-0.25, -0.2) is 4.39 Å². The lowest BCUT2D eigenvalue weighted by Crippen LogP contribution is -2.25. The molecule has 17 heavy (non-hydrogen) atoms. The first-order chi connectivity index (χ1) is 7.93. The molecule has 3 heteroatoms. The summed E-state index contributed by atoms with van der Waals surface area (Å²) >= 11 is 0. The topological polar surface area (TPSA) is 43.1 Å². The van der Waals surface area contributed by atoms with Gasteiger partial charge in [0.25, 0.3) is 0 Å². The van der Waals surface area contributed by atoms with E-state index < -0.39 is 0 Å². The van der Waals surface area contributed by atoms with Crippen molar-refractivity contribution in [1.82, 2.24) is 0 Å². The Hall–Kier alpha value is -1.22. The fraction of sp³-hybridized carbons (Fsp3) is 0.500. The van der Waals surface area contributed by atoms with E-state index in [0.717, 1.165) is 12.0 Å². The molecule has 0 radical (unpaired) electrons. The van der Waals surface area contributed by atoms with Gasteiger partial charge < -0.3 is 5.73 Å². The van der Waals surface area contributed by atoms with Crippen LogP contribution in [0.2, 0.25) is 0 Å². The number of carbonyl (C=O) groups is 1. The molecule has 0 heterocycles. The third-order valence-electron chi connectivity index (χ3n) is 2.74. The van der Waals surface area contributed by atoms with Crippen molar-refractivity contribution >= 4 is 5.78 Å². The summed E-state index contributed by atoms with van der Waals surface area (Å²) in [5.41, 5.74) is 6.81. The lowest BCUT2D eigenvalue weighted by atomic mass is 9.89. The zero-order chi connectivity index (χ0) is 13.0. The normalized spacial score (nSPS) is 12.8.